The van der Waals surface area contributed by atoms with Crippen molar-refractivity contribution >= 4 is 22.4 Å². The van der Waals surface area contributed by atoms with Gasteiger partial charge in [0, 0.05) is 54.1 Å². The first-order chi connectivity index (χ1) is 12.7. The third-order valence-electron chi connectivity index (χ3n) is 4.87. The highest BCUT2D eigenvalue weighted by Gasteiger charge is 2.26. The van der Waals surface area contributed by atoms with Crippen LogP contribution in [0, 0.1) is 0 Å². The highest BCUT2D eigenvalue weighted by molar-refractivity contribution is 7.85. The third kappa shape index (κ3) is 4.60. The van der Waals surface area contributed by atoms with Crippen molar-refractivity contribution in [3.05, 3.63) is 30.2 Å². The van der Waals surface area contributed by atoms with E-state index in [-0.39, 0.29) is 0 Å². The Kier molecular flexibility index (Phi) is 6.60. The third-order valence-corrected chi connectivity index (χ3v) is 6.61. The smallest absolute Gasteiger partial charge is 0.191 e. The van der Waals surface area contributed by atoms with Crippen molar-refractivity contribution in [2.45, 2.75) is 50.3 Å². The van der Waals surface area contributed by atoms with E-state index in [1.54, 1.807) is 7.05 Å². The molecule has 7 nitrogen and oxygen atoms in total. The average Bonchev–Trinajstić information content (AvgIpc) is 3.10. The van der Waals surface area contributed by atoms with Gasteiger partial charge >= 0.3 is 0 Å². The fraction of sp³-hybridized carbons (Fsp3) is 0.611. The average molecular weight is 377 g/mol. The van der Waals surface area contributed by atoms with Crippen LogP contribution in [0.3, 0.4) is 0 Å². The molecule has 0 bridgehead atoms. The summed E-state index contributed by atoms with van der Waals surface area (Å²) in [6, 6.07) is 6.22. The topological polar surface area (TPSA) is 83.7 Å². The van der Waals surface area contributed by atoms with E-state index in [0.717, 1.165) is 61.8 Å². The fourth-order valence-electron chi connectivity index (χ4n) is 3.49. The molecule has 2 aromatic rings. The Hall–Kier alpha value is -1.96. The zero-order valence-electron chi connectivity index (χ0n) is 15.5. The first-order valence-corrected chi connectivity index (χ1v) is 10.7. The lowest BCUT2D eigenvalue weighted by Gasteiger charge is -2.30. The molecule has 8 heteroatoms. The van der Waals surface area contributed by atoms with Crippen LogP contribution in [-0.4, -0.2) is 55.4 Å². The molecule has 3 atom stereocenters. The Morgan fingerprint density at radius 3 is 3.08 bits per heavy atom. The lowest BCUT2D eigenvalue weighted by molar-refractivity contribution is 0.413. The summed E-state index contributed by atoms with van der Waals surface area (Å²) < 4.78 is 14.1. The molecule has 2 heterocycles. The van der Waals surface area contributed by atoms with Crippen LogP contribution < -0.4 is 10.6 Å². The van der Waals surface area contributed by atoms with E-state index in [9.17, 15) is 4.21 Å². The summed E-state index contributed by atoms with van der Waals surface area (Å²) in [4.78, 5) is 4.33. The normalized spacial score (nSPS) is 22.3. The molecule has 1 saturated carbocycles. The lowest BCUT2D eigenvalue weighted by atomic mass is 9.95. The van der Waals surface area contributed by atoms with Crippen LogP contribution in [0.5, 0.6) is 0 Å². The summed E-state index contributed by atoms with van der Waals surface area (Å²) in [7, 11) is 1.08. The first-order valence-electron chi connectivity index (χ1n) is 9.34. The number of aromatic nitrogens is 3. The van der Waals surface area contributed by atoms with Gasteiger partial charge < -0.3 is 10.6 Å². The molecule has 1 fully saturated rings. The predicted octanol–water partition coefficient (Wildman–Crippen LogP) is 1.52. The molecule has 2 N–H and O–H groups in total. The summed E-state index contributed by atoms with van der Waals surface area (Å²) in [5.41, 5.74) is 0.863. The molecule has 142 valence electrons. The second-order valence-corrected chi connectivity index (χ2v) is 8.60. The van der Waals surface area contributed by atoms with Crippen molar-refractivity contribution in [3.63, 3.8) is 0 Å². The van der Waals surface area contributed by atoms with Gasteiger partial charge in [-0.15, -0.1) is 10.2 Å². The first kappa shape index (κ1) is 18.8. The van der Waals surface area contributed by atoms with Gasteiger partial charge in [0.2, 0.25) is 0 Å². The number of guanidine groups is 1. The molecule has 0 radical (unpaired) electrons. The molecule has 0 saturated heterocycles. The molecular weight excluding hydrogens is 348 g/mol. The Labute approximate surface area is 157 Å². The number of aliphatic imine (C=N–C) groups is 1. The zero-order chi connectivity index (χ0) is 18.4. The van der Waals surface area contributed by atoms with Crippen LogP contribution in [0.1, 0.15) is 38.4 Å². The second kappa shape index (κ2) is 9.12. The zero-order valence-corrected chi connectivity index (χ0v) is 16.3. The molecule has 3 rings (SSSR count). The van der Waals surface area contributed by atoms with Gasteiger partial charge in [-0.25, -0.2) is 0 Å². The van der Waals surface area contributed by atoms with Crippen molar-refractivity contribution < 1.29 is 4.21 Å². The molecule has 1 aliphatic rings. The van der Waals surface area contributed by atoms with Gasteiger partial charge in [-0.3, -0.25) is 13.6 Å². The monoisotopic (exact) mass is 376 g/mol. The van der Waals surface area contributed by atoms with Crippen LogP contribution >= 0.6 is 0 Å². The molecule has 0 spiro atoms. The maximum absolute atomic E-state index is 12.1. The van der Waals surface area contributed by atoms with E-state index in [0.29, 0.717) is 11.3 Å². The van der Waals surface area contributed by atoms with Gasteiger partial charge in [-0.05, 0) is 31.4 Å². The largest absolute Gasteiger partial charge is 0.356 e. The van der Waals surface area contributed by atoms with Crippen molar-refractivity contribution in [2.24, 2.45) is 4.99 Å². The van der Waals surface area contributed by atoms with Crippen LogP contribution in [-0.2, 0) is 17.2 Å². The van der Waals surface area contributed by atoms with Crippen LogP contribution in [0.15, 0.2) is 29.4 Å². The van der Waals surface area contributed by atoms with Crippen molar-refractivity contribution in [3.8, 4) is 0 Å². The molecule has 3 unspecified atom stereocenters. The Balaban J connectivity index is 1.50. The van der Waals surface area contributed by atoms with Gasteiger partial charge in [0.15, 0.2) is 11.6 Å². The van der Waals surface area contributed by atoms with Gasteiger partial charge in [0.05, 0.1) is 0 Å². The van der Waals surface area contributed by atoms with E-state index in [1.165, 1.54) is 0 Å². The number of pyridine rings is 1. The SMILES string of the molecule is CCS(=O)C1CCCC(NC(=NC)NCCc2nnc3ccccn23)C1. The Bertz CT molecular complexity index is 774. The molecule has 0 aromatic carbocycles. The van der Waals surface area contributed by atoms with Crippen molar-refractivity contribution in [2.75, 3.05) is 19.3 Å². The minimum atomic E-state index is -0.708. The second-order valence-electron chi connectivity index (χ2n) is 6.59. The Morgan fingerprint density at radius 1 is 1.38 bits per heavy atom. The van der Waals surface area contributed by atoms with Gasteiger partial charge in [0.1, 0.15) is 5.82 Å². The lowest BCUT2D eigenvalue weighted by Crippen LogP contribution is -2.47. The number of fused-ring (bicyclic) bond motifs is 1. The number of nitrogens with zero attached hydrogens (tertiary/aromatic N) is 4. The highest BCUT2D eigenvalue weighted by atomic mass is 32.2. The van der Waals surface area contributed by atoms with Crippen molar-refractivity contribution in [1.29, 1.82) is 0 Å². The number of rotatable bonds is 6. The number of hydrogen-bond acceptors (Lipinski definition) is 4. The van der Waals surface area contributed by atoms with Crippen LogP contribution in [0.2, 0.25) is 0 Å². The van der Waals surface area contributed by atoms with Crippen LogP contribution in [0.25, 0.3) is 5.65 Å². The molecule has 0 amide bonds. The van der Waals surface area contributed by atoms with Crippen molar-refractivity contribution in [1.82, 2.24) is 25.2 Å². The quantitative estimate of drug-likeness (QED) is 0.590. The minimum absolute atomic E-state index is 0.312. The summed E-state index contributed by atoms with van der Waals surface area (Å²) in [5, 5.41) is 15.6. The highest BCUT2D eigenvalue weighted by Crippen LogP contribution is 2.22. The summed E-state index contributed by atoms with van der Waals surface area (Å²) in [5.74, 6) is 2.47. The molecular formula is C18H28N6OS. The fourth-order valence-corrected chi connectivity index (χ4v) is 4.84. The molecule has 26 heavy (non-hydrogen) atoms. The molecule has 1 aliphatic carbocycles. The molecule has 0 aliphatic heterocycles. The van der Waals surface area contributed by atoms with E-state index >= 15 is 0 Å². The van der Waals surface area contributed by atoms with Gasteiger partial charge in [-0.1, -0.05) is 19.4 Å². The maximum Gasteiger partial charge on any atom is 0.191 e. The van der Waals surface area contributed by atoms with E-state index in [2.05, 4.69) is 25.8 Å². The van der Waals surface area contributed by atoms with E-state index in [4.69, 9.17) is 0 Å². The van der Waals surface area contributed by atoms with Gasteiger partial charge in [0.25, 0.3) is 0 Å². The number of hydrogen-bond donors (Lipinski definition) is 2. The summed E-state index contributed by atoms with van der Waals surface area (Å²) >= 11 is 0. The van der Waals surface area contributed by atoms with Gasteiger partial charge in [-0.2, -0.15) is 0 Å². The Morgan fingerprint density at radius 2 is 2.27 bits per heavy atom. The summed E-state index contributed by atoms with van der Waals surface area (Å²) in [6.45, 7) is 2.73. The van der Waals surface area contributed by atoms with E-state index in [1.807, 2.05) is 35.7 Å². The number of nitrogens with one attached hydrogen (secondary N) is 2. The maximum atomic E-state index is 12.1. The standard InChI is InChI=1S/C18H28N6OS/c1-3-26(25)15-8-6-7-14(13-15)21-18(19-2)20-11-10-17-23-22-16-9-4-5-12-24(16)17/h4-5,9,12,14-15H,3,6-8,10-11,13H2,1-2H3,(H2,19,20,21). The van der Waals surface area contributed by atoms with Crippen LogP contribution in [0.4, 0.5) is 0 Å². The molecule has 2 aromatic heterocycles. The predicted molar refractivity (Wildman–Crippen MR) is 106 cm³/mol. The van der Waals surface area contributed by atoms with E-state index < -0.39 is 10.8 Å². The minimum Gasteiger partial charge on any atom is -0.356 e. The summed E-state index contributed by atoms with van der Waals surface area (Å²) in [6.07, 6.45) is 7.00.